The van der Waals surface area contributed by atoms with Crippen molar-refractivity contribution in [1.29, 1.82) is 0 Å². The Morgan fingerprint density at radius 3 is 2.77 bits per heavy atom. The number of rotatable bonds is 3. The smallest absolute Gasteiger partial charge is 0.247 e. The third-order valence-corrected chi connectivity index (χ3v) is 6.56. The molecule has 26 heavy (non-hydrogen) atoms. The average molecular weight is 356 g/mol. The fourth-order valence-electron chi connectivity index (χ4n) is 5.29. The van der Waals surface area contributed by atoms with Crippen molar-refractivity contribution >= 4 is 17.4 Å². The van der Waals surface area contributed by atoms with Gasteiger partial charge in [0.05, 0.1) is 11.7 Å². The third-order valence-electron chi connectivity index (χ3n) is 6.56. The van der Waals surface area contributed by atoms with E-state index in [1.165, 1.54) is 0 Å². The fraction of sp³-hybridized carbons (Fsp3) is 0.619. The number of ketones is 1. The van der Waals surface area contributed by atoms with Gasteiger partial charge in [0, 0.05) is 31.6 Å². The Morgan fingerprint density at radius 2 is 2.00 bits per heavy atom. The highest BCUT2D eigenvalue weighted by Gasteiger charge is 2.55. The van der Waals surface area contributed by atoms with Crippen molar-refractivity contribution in [3.63, 3.8) is 0 Å². The van der Waals surface area contributed by atoms with Crippen LogP contribution in [0.15, 0.2) is 24.3 Å². The van der Waals surface area contributed by atoms with Gasteiger partial charge in [-0.2, -0.15) is 0 Å². The van der Waals surface area contributed by atoms with Crippen molar-refractivity contribution in [2.75, 3.05) is 24.6 Å². The molecule has 1 amide bonds. The van der Waals surface area contributed by atoms with Gasteiger partial charge in [-0.3, -0.25) is 19.4 Å². The van der Waals surface area contributed by atoms with Gasteiger partial charge in [-0.15, -0.1) is 0 Å². The number of carbonyl (C=O) groups excluding carboxylic acids is 2. The maximum atomic E-state index is 13.8. The largest absolute Gasteiger partial charge is 0.358 e. The monoisotopic (exact) mass is 356 g/mol. The molecule has 0 radical (unpaired) electrons. The van der Waals surface area contributed by atoms with Crippen molar-refractivity contribution < 1.29 is 14.3 Å². The summed E-state index contributed by atoms with van der Waals surface area (Å²) >= 11 is 0. The Kier molecular flexibility index (Phi) is 4.61. The van der Waals surface area contributed by atoms with Gasteiger partial charge < -0.3 is 4.74 Å². The minimum absolute atomic E-state index is 0.0476. The zero-order chi connectivity index (χ0) is 18.3. The first-order valence-corrected chi connectivity index (χ1v) is 9.92. The van der Waals surface area contributed by atoms with Crippen molar-refractivity contribution in [3.05, 3.63) is 29.8 Å². The molecule has 2 bridgehead atoms. The maximum Gasteiger partial charge on any atom is 0.247 e. The molecule has 140 valence electrons. The number of anilines is 1. The molecule has 0 spiro atoms. The van der Waals surface area contributed by atoms with Crippen LogP contribution < -0.4 is 4.90 Å². The predicted octanol–water partition coefficient (Wildman–Crippen LogP) is 3.23. The minimum atomic E-state index is -0.296. The summed E-state index contributed by atoms with van der Waals surface area (Å²) < 4.78 is 6.06. The lowest BCUT2D eigenvalue weighted by molar-refractivity contribution is -0.146. The van der Waals surface area contributed by atoms with E-state index in [0.29, 0.717) is 25.1 Å². The summed E-state index contributed by atoms with van der Waals surface area (Å²) in [6.07, 6.45) is 4.12. The molecule has 3 aliphatic rings. The molecule has 2 saturated heterocycles. The third kappa shape index (κ3) is 2.60. The number of amides is 1. The van der Waals surface area contributed by atoms with Crippen molar-refractivity contribution in [2.24, 2.45) is 5.41 Å². The molecule has 0 aromatic heterocycles. The van der Waals surface area contributed by atoms with E-state index in [4.69, 9.17) is 4.74 Å². The summed E-state index contributed by atoms with van der Waals surface area (Å²) in [6, 6.07) is 7.38. The van der Waals surface area contributed by atoms with Crippen molar-refractivity contribution in [3.8, 4) is 0 Å². The lowest BCUT2D eigenvalue weighted by Gasteiger charge is -2.55. The van der Waals surface area contributed by atoms with E-state index in [0.717, 1.165) is 37.9 Å². The number of para-hydroxylation sites is 1. The van der Waals surface area contributed by atoms with Crippen LogP contribution in [0.1, 0.15) is 56.3 Å². The molecule has 1 aromatic rings. The van der Waals surface area contributed by atoms with Gasteiger partial charge in [0.15, 0.2) is 5.78 Å². The molecule has 5 nitrogen and oxygen atoms in total. The van der Waals surface area contributed by atoms with E-state index in [2.05, 4.69) is 11.8 Å². The summed E-state index contributed by atoms with van der Waals surface area (Å²) in [7, 11) is 0. The maximum absolute atomic E-state index is 13.8. The number of hydrogen-bond acceptors (Lipinski definition) is 4. The number of nitrogens with zero attached hydrogens (tertiary/aromatic N) is 2. The van der Waals surface area contributed by atoms with E-state index in [1.54, 1.807) is 4.90 Å². The minimum Gasteiger partial charge on any atom is -0.358 e. The van der Waals surface area contributed by atoms with Gasteiger partial charge in [0.25, 0.3) is 0 Å². The highest BCUT2D eigenvalue weighted by Crippen LogP contribution is 2.49. The molecule has 4 rings (SSSR count). The van der Waals surface area contributed by atoms with Gasteiger partial charge in [-0.05, 0) is 50.3 Å². The Morgan fingerprint density at radius 1 is 1.19 bits per heavy atom. The van der Waals surface area contributed by atoms with Crippen LogP contribution in [-0.2, 0) is 9.53 Å². The Labute approximate surface area is 155 Å². The molecule has 3 aliphatic heterocycles. The van der Waals surface area contributed by atoms with Crippen molar-refractivity contribution in [2.45, 2.75) is 58.2 Å². The van der Waals surface area contributed by atoms with Crippen LogP contribution in [-0.4, -0.2) is 48.6 Å². The summed E-state index contributed by atoms with van der Waals surface area (Å²) in [5.41, 5.74) is 1.32. The Hall–Kier alpha value is -1.72. The van der Waals surface area contributed by atoms with E-state index in [-0.39, 0.29) is 29.4 Å². The van der Waals surface area contributed by atoms with E-state index >= 15 is 0 Å². The number of hydrogen-bond donors (Lipinski definition) is 0. The van der Waals surface area contributed by atoms with Crippen molar-refractivity contribution in [1.82, 2.24) is 4.90 Å². The van der Waals surface area contributed by atoms with Crippen LogP contribution in [0, 0.1) is 5.41 Å². The molecule has 1 aromatic carbocycles. The first-order chi connectivity index (χ1) is 12.6. The number of fused-ring (bicyclic) bond motifs is 3. The average Bonchev–Trinajstić information content (AvgIpc) is 2.69. The number of carbonyl (C=O) groups is 2. The quantitative estimate of drug-likeness (QED) is 0.834. The second kappa shape index (κ2) is 6.78. The molecule has 0 saturated carbocycles. The number of benzene rings is 1. The van der Waals surface area contributed by atoms with Crippen LogP contribution in [0.25, 0.3) is 0 Å². The normalized spacial score (nSPS) is 31.8. The van der Waals surface area contributed by atoms with E-state index in [9.17, 15) is 9.59 Å². The van der Waals surface area contributed by atoms with Gasteiger partial charge in [-0.25, -0.2) is 0 Å². The second-order valence-corrected chi connectivity index (χ2v) is 7.77. The van der Waals surface area contributed by atoms with Gasteiger partial charge in [-0.1, -0.05) is 19.1 Å². The SMILES string of the molecule is CCO[C@@H]1C[C@@]2(CC)CCCN3CCC(=O)c4ccccc4N1C(=O)[C@H]32. The molecule has 5 heteroatoms. The van der Waals surface area contributed by atoms with Crippen LogP contribution >= 0.6 is 0 Å². The van der Waals surface area contributed by atoms with Gasteiger partial charge in [0.1, 0.15) is 6.23 Å². The zero-order valence-electron chi connectivity index (χ0n) is 15.7. The lowest BCUT2D eigenvalue weighted by atomic mass is 9.65. The Bertz CT molecular complexity index is 719. The highest BCUT2D eigenvalue weighted by atomic mass is 16.5. The number of piperidine rings is 2. The van der Waals surface area contributed by atoms with Crippen LogP contribution in [0.3, 0.4) is 0 Å². The van der Waals surface area contributed by atoms with E-state index < -0.39 is 0 Å². The first-order valence-electron chi connectivity index (χ1n) is 9.92. The molecule has 0 unspecified atom stereocenters. The van der Waals surface area contributed by atoms with Gasteiger partial charge >= 0.3 is 0 Å². The highest BCUT2D eigenvalue weighted by molar-refractivity contribution is 6.08. The standard InChI is InChI=1S/C21H28N2O3/c1-3-21-11-7-12-22-13-10-17(24)15-8-5-6-9-16(15)23(20(25)19(21)22)18(14-21)26-4-2/h5-6,8-9,18-19H,3-4,7,10-14H2,1-2H3/t18-,19+,21-/m1/s1. The molecule has 3 heterocycles. The first kappa shape index (κ1) is 17.7. The lowest BCUT2D eigenvalue weighted by Crippen LogP contribution is -2.67. The molecule has 2 fully saturated rings. The molecule has 3 atom stereocenters. The molecular formula is C21H28N2O3. The Balaban J connectivity index is 1.89. The number of ether oxygens (including phenoxy) is 1. The van der Waals surface area contributed by atoms with Crippen LogP contribution in [0.5, 0.6) is 0 Å². The summed E-state index contributed by atoms with van der Waals surface area (Å²) in [5, 5.41) is 0. The van der Waals surface area contributed by atoms with Gasteiger partial charge in [0.2, 0.25) is 5.91 Å². The van der Waals surface area contributed by atoms with Crippen LogP contribution in [0.4, 0.5) is 5.69 Å². The molecule has 0 aliphatic carbocycles. The number of Topliss-reactive ketones (excluding diaryl/α,β-unsaturated/α-hetero) is 1. The summed E-state index contributed by atoms with van der Waals surface area (Å²) in [6.45, 7) is 6.28. The topological polar surface area (TPSA) is 49.9 Å². The summed E-state index contributed by atoms with van der Waals surface area (Å²) in [4.78, 5) is 30.7. The predicted molar refractivity (Wildman–Crippen MR) is 100 cm³/mol. The van der Waals surface area contributed by atoms with Crippen LogP contribution in [0.2, 0.25) is 0 Å². The van der Waals surface area contributed by atoms with E-state index in [1.807, 2.05) is 31.2 Å². The fourth-order valence-corrected chi connectivity index (χ4v) is 5.29. The second-order valence-electron chi connectivity index (χ2n) is 7.77. The summed E-state index contributed by atoms with van der Waals surface area (Å²) in [5.74, 6) is 0.224. The molecule has 0 N–H and O–H groups in total. The zero-order valence-corrected chi connectivity index (χ0v) is 15.7. The molecular weight excluding hydrogens is 328 g/mol.